The van der Waals surface area contributed by atoms with Gasteiger partial charge in [0.2, 0.25) is 10.0 Å². The van der Waals surface area contributed by atoms with E-state index in [0.717, 1.165) is 13.0 Å². The van der Waals surface area contributed by atoms with Gasteiger partial charge < -0.3 is 5.32 Å². The molecule has 3 rings (SSSR count). The van der Waals surface area contributed by atoms with Crippen LogP contribution >= 0.6 is 0 Å². The summed E-state index contributed by atoms with van der Waals surface area (Å²) in [6, 6.07) is 9.06. The number of hydrogen-bond donors (Lipinski definition) is 1. The quantitative estimate of drug-likeness (QED) is 0.875. The lowest BCUT2D eigenvalue weighted by Gasteiger charge is -2.21. The first-order chi connectivity index (χ1) is 10.1. The molecule has 1 aliphatic carbocycles. The van der Waals surface area contributed by atoms with Crippen molar-refractivity contribution in [2.24, 2.45) is 5.92 Å². The van der Waals surface area contributed by atoms with Gasteiger partial charge >= 0.3 is 0 Å². The number of sulfonamides is 1. The van der Waals surface area contributed by atoms with Gasteiger partial charge in [-0.25, -0.2) is 12.7 Å². The third kappa shape index (κ3) is 3.65. The van der Waals surface area contributed by atoms with Crippen molar-refractivity contribution >= 4 is 10.0 Å². The van der Waals surface area contributed by atoms with E-state index in [0.29, 0.717) is 30.8 Å². The van der Waals surface area contributed by atoms with Gasteiger partial charge in [0.1, 0.15) is 0 Å². The molecule has 0 aromatic heterocycles. The van der Waals surface area contributed by atoms with E-state index in [1.54, 1.807) is 4.31 Å². The molecule has 0 unspecified atom stereocenters. The van der Waals surface area contributed by atoms with E-state index in [9.17, 15) is 8.42 Å². The Kier molecular flexibility index (Phi) is 4.33. The Morgan fingerprint density at radius 2 is 2.00 bits per heavy atom. The van der Waals surface area contributed by atoms with Crippen molar-refractivity contribution in [3.05, 3.63) is 35.4 Å². The van der Waals surface area contributed by atoms with Gasteiger partial charge in [0.15, 0.2) is 0 Å². The zero-order chi connectivity index (χ0) is 14.9. The Balaban J connectivity index is 1.58. The fourth-order valence-corrected chi connectivity index (χ4v) is 4.58. The Labute approximate surface area is 127 Å². The topological polar surface area (TPSA) is 49.4 Å². The summed E-state index contributed by atoms with van der Waals surface area (Å²) in [5, 5.41) is 3.58. The summed E-state index contributed by atoms with van der Waals surface area (Å²) < 4.78 is 25.2. The van der Waals surface area contributed by atoms with Crippen LogP contribution in [0.1, 0.15) is 36.4 Å². The molecule has 0 radical (unpaired) electrons. The zero-order valence-electron chi connectivity index (χ0n) is 12.6. The molecule has 1 aliphatic heterocycles. The number of nitrogens with zero attached hydrogens (tertiary/aromatic N) is 1. The minimum atomic E-state index is -2.97. The van der Waals surface area contributed by atoms with Crippen LogP contribution in [-0.2, 0) is 10.0 Å². The molecule has 0 amide bonds. The zero-order valence-corrected chi connectivity index (χ0v) is 13.4. The van der Waals surface area contributed by atoms with E-state index in [2.05, 4.69) is 36.5 Å². The second-order valence-corrected chi connectivity index (χ2v) is 8.34. The molecule has 1 atom stereocenters. The van der Waals surface area contributed by atoms with E-state index in [-0.39, 0.29) is 0 Å². The van der Waals surface area contributed by atoms with Gasteiger partial charge in [0.05, 0.1) is 5.75 Å². The molecule has 5 heteroatoms. The number of benzene rings is 1. The summed E-state index contributed by atoms with van der Waals surface area (Å²) in [5.74, 6) is 1.03. The van der Waals surface area contributed by atoms with Crippen LogP contribution in [0.4, 0.5) is 0 Å². The van der Waals surface area contributed by atoms with Gasteiger partial charge in [-0.3, -0.25) is 0 Å². The summed E-state index contributed by atoms with van der Waals surface area (Å²) in [6.07, 6.45) is 3.31. The molecule has 4 nitrogen and oxygen atoms in total. The molecule has 21 heavy (non-hydrogen) atoms. The highest BCUT2D eigenvalue weighted by Crippen LogP contribution is 2.40. The van der Waals surface area contributed by atoms with Gasteiger partial charge in [-0.15, -0.1) is 0 Å². The number of rotatable bonds is 6. The first kappa shape index (κ1) is 15.0. The van der Waals surface area contributed by atoms with Crippen molar-refractivity contribution in [3.63, 3.8) is 0 Å². The van der Waals surface area contributed by atoms with Gasteiger partial charge in [-0.2, -0.15) is 0 Å². The molecule has 1 saturated carbocycles. The van der Waals surface area contributed by atoms with Crippen LogP contribution in [0.15, 0.2) is 24.3 Å². The molecule has 0 bridgehead atoms. The molecule has 1 aromatic carbocycles. The Morgan fingerprint density at radius 1 is 1.29 bits per heavy atom. The van der Waals surface area contributed by atoms with Gasteiger partial charge in [-0.05, 0) is 37.7 Å². The third-order valence-electron chi connectivity index (χ3n) is 4.46. The molecule has 2 fully saturated rings. The maximum absolute atomic E-state index is 11.8. The fraction of sp³-hybridized carbons (Fsp3) is 0.625. The Hall–Kier alpha value is -0.910. The predicted octanol–water partition coefficient (Wildman–Crippen LogP) is 2.07. The molecular weight excluding hydrogens is 284 g/mol. The highest BCUT2D eigenvalue weighted by molar-refractivity contribution is 7.89. The maximum atomic E-state index is 11.8. The Morgan fingerprint density at radius 3 is 2.57 bits per heavy atom. The van der Waals surface area contributed by atoms with E-state index in [1.807, 2.05) is 0 Å². The van der Waals surface area contributed by atoms with Crippen molar-refractivity contribution in [1.82, 2.24) is 9.62 Å². The van der Waals surface area contributed by atoms with Crippen molar-refractivity contribution in [3.8, 4) is 0 Å². The lowest BCUT2D eigenvalue weighted by molar-refractivity contribution is 0.403. The van der Waals surface area contributed by atoms with E-state index in [1.165, 1.54) is 24.0 Å². The molecule has 1 heterocycles. The van der Waals surface area contributed by atoms with E-state index >= 15 is 0 Å². The SMILES string of the molecule is Cc1ccc([C@@H](NCCN2CCCS2(=O)=O)C2CC2)cc1. The summed E-state index contributed by atoms with van der Waals surface area (Å²) in [6.45, 7) is 4.11. The van der Waals surface area contributed by atoms with Crippen molar-refractivity contribution < 1.29 is 8.42 Å². The van der Waals surface area contributed by atoms with Crippen LogP contribution < -0.4 is 5.32 Å². The van der Waals surface area contributed by atoms with Gasteiger partial charge in [-0.1, -0.05) is 29.8 Å². The molecule has 1 aromatic rings. The van der Waals surface area contributed by atoms with Crippen LogP contribution in [0.2, 0.25) is 0 Å². The summed E-state index contributed by atoms with van der Waals surface area (Å²) >= 11 is 0. The van der Waals surface area contributed by atoms with Crippen molar-refractivity contribution in [2.45, 2.75) is 32.2 Å². The molecule has 1 N–H and O–H groups in total. The first-order valence-electron chi connectivity index (χ1n) is 7.84. The molecular formula is C16H24N2O2S. The average Bonchev–Trinajstić information content (AvgIpc) is 3.22. The number of nitrogens with one attached hydrogen (secondary N) is 1. The molecule has 1 saturated heterocycles. The van der Waals surface area contributed by atoms with Gasteiger partial charge in [0, 0.05) is 25.7 Å². The van der Waals surface area contributed by atoms with E-state index < -0.39 is 10.0 Å². The van der Waals surface area contributed by atoms with Crippen LogP contribution in [0.25, 0.3) is 0 Å². The minimum absolute atomic E-state index is 0.316. The summed E-state index contributed by atoms with van der Waals surface area (Å²) in [4.78, 5) is 0. The van der Waals surface area contributed by atoms with Crippen molar-refractivity contribution in [2.75, 3.05) is 25.4 Å². The Bertz CT molecular complexity index is 579. The lowest BCUT2D eigenvalue weighted by atomic mass is 10.0. The van der Waals surface area contributed by atoms with Crippen molar-refractivity contribution in [1.29, 1.82) is 0 Å². The number of hydrogen-bond acceptors (Lipinski definition) is 3. The predicted molar refractivity (Wildman–Crippen MR) is 84.6 cm³/mol. The summed E-state index contributed by atoms with van der Waals surface area (Å²) in [7, 11) is -2.97. The third-order valence-corrected chi connectivity index (χ3v) is 6.42. The monoisotopic (exact) mass is 308 g/mol. The first-order valence-corrected chi connectivity index (χ1v) is 9.45. The smallest absolute Gasteiger partial charge is 0.214 e. The van der Waals surface area contributed by atoms with Crippen LogP contribution in [0.5, 0.6) is 0 Å². The minimum Gasteiger partial charge on any atom is -0.308 e. The highest BCUT2D eigenvalue weighted by Gasteiger charge is 2.33. The molecule has 0 spiro atoms. The second kappa shape index (κ2) is 6.07. The highest BCUT2D eigenvalue weighted by atomic mass is 32.2. The molecule has 2 aliphatic rings. The second-order valence-electron chi connectivity index (χ2n) is 6.25. The number of aryl methyl sites for hydroxylation is 1. The van der Waals surface area contributed by atoms with Crippen LogP contribution in [0, 0.1) is 12.8 Å². The van der Waals surface area contributed by atoms with Gasteiger partial charge in [0.25, 0.3) is 0 Å². The summed E-state index contributed by atoms with van der Waals surface area (Å²) in [5.41, 5.74) is 2.60. The van der Waals surface area contributed by atoms with Crippen LogP contribution in [0.3, 0.4) is 0 Å². The lowest BCUT2D eigenvalue weighted by Crippen LogP contribution is -2.35. The average molecular weight is 308 g/mol. The fourth-order valence-electron chi connectivity index (χ4n) is 3.05. The van der Waals surface area contributed by atoms with E-state index in [4.69, 9.17) is 0 Å². The maximum Gasteiger partial charge on any atom is 0.214 e. The largest absolute Gasteiger partial charge is 0.308 e. The standard InChI is InChI=1S/C16H24N2O2S/c1-13-3-5-14(6-4-13)16(15-7-8-15)17-9-11-18-10-2-12-21(18,19)20/h3-6,15-17H,2,7-12H2,1H3/t16-/m1/s1. The molecule has 116 valence electrons. The van der Waals surface area contributed by atoms with Crippen LogP contribution in [-0.4, -0.2) is 38.1 Å². The normalized spacial score (nSPS) is 23.3.